The molecule has 10 nitrogen and oxygen atoms in total. The number of carbonyl (C=O) groups excluding carboxylic acids is 1. The van der Waals surface area contributed by atoms with Crippen molar-refractivity contribution in [3.8, 4) is 0 Å². The van der Waals surface area contributed by atoms with Gasteiger partial charge in [-0.3, -0.25) is 9.36 Å². The van der Waals surface area contributed by atoms with Crippen molar-refractivity contribution in [1.29, 1.82) is 0 Å². The molecule has 26 heavy (non-hydrogen) atoms. The van der Waals surface area contributed by atoms with Gasteiger partial charge in [-0.05, 0) is 6.42 Å². The number of esters is 1. The maximum absolute atomic E-state index is 12.4. The zero-order valence-corrected chi connectivity index (χ0v) is 14.5. The molecule has 0 aromatic carbocycles. The van der Waals surface area contributed by atoms with Crippen molar-refractivity contribution in [1.82, 2.24) is 19.5 Å². The number of nitrogen functional groups attached to an aromatic ring is 1. The van der Waals surface area contributed by atoms with E-state index in [1.807, 2.05) is 0 Å². The molecule has 3 rings (SSSR count). The molecule has 1 aliphatic heterocycles. The SMILES string of the molecule is CCCCCOC(=O)[C@@H]1[C@@H](CO)OC(n2cnc3c(N)ncnc32)[C@@H]1O. The number of aliphatic hydroxyl groups excluding tert-OH is 2. The number of rotatable bonds is 7. The van der Waals surface area contributed by atoms with E-state index in [2.05, 4.69) is 21.9 Å². The number of hydrogen-bond acceptors (Lipinski definition) is 9. The molecule has 0 aliphatic carbocycles. The second-order valence-corrected chi connectivity index (χ2v) is 6.22. The van der Waals surface area contributed by atoms with Crippen LogP contribution in [0.4, 0.5) is 5.82 Å². The molecule has 1 unspecified atom stereocenters. The average Bonchev–Trinajstić information content (AvgIpc) is 3.20. The van der Waals surface area contributed by atoms with Crippen molar-refractivity contribution >= 4 is 23.0 Å². The molecule has 4 atom stereocenters. The largest absolute Gasteiger partial charge is 0.465 e. The molecular formula is C16H23N5O5. The van der Waals surface area contributed by atoms with Gasteiger partial charge in [0.25, 0.3) is 0 Å². The number of carbonyl (C=O) groups is 1. The van der Waals surface area contributed by atoms with Crippen LogP contribution in [-0.2, 0) is 14.3 Å². The van der Waals surface area contributed by atoms with Gasteiger partial charge in [0.05, 0.1) is 25.6 Å². The zero-order chi connectivity index (χ0) is 18.7. The molecule has 0 saturated carbocycles. The molecule has 0 spiro atoms. The molecule has 4 N–H and O–H groups in total. The first-order valence-electron chi connectivity index (χ1n) is 8.62. The summed E-state index contributed by atoms with van der Waals surface area (Å²) in [5.74, 6) is -1.39. The Bertz CT molecular complexity index is 767. The van der Waals surface area contributed by atoms with Crippen molar-refractivity contribution in [2.75, 3.05) is 18.9 Å². The predicted octanol–water partition coefficient (Wildman–Crippen LogP) is 0.00870. The molecule has 1 saturated heterocycles. The zero-order valence-electron chi connectivity index (χ0n) is 14.5. The quantitative estimate of drug-likeness (QED) is 0.456. The van der Waals surface area contributed by atoms with E-state index in [0.29, 0.717) is 11.2 Å². The Morgan fingerprint density at radius 1 is 1.38 bits per heavy atom. The van der Waals surface area contributed by atoms with Gasteiger partial charge in [0.1, 0.15) is 23.9 Å². The van der Waals surface area contributed by atoms with E-state index in [4.69, 9.17) is 15.2 Å². The average molecular weight is 365 g/mol. The highest BCUT2D eigenvalue weighted by atomic mass is 16.6. The number of nitrogens with two attached hydrogens (primary N) is 1. The van der Waals surface area contributed by atoms with E-state index in [-0.39, 0.29) is 12.4 Å². The highest BCUT2D eigenvalue weighted by Gasteiger charge is 2.49. The van der Waals surface area contributed by atoms with E-state index in [1.54, 1.807) is 0 Å². The fourth-order valence-electron chi connectivity index (χ4n) is 3.10. The lowest BCUT2D eigenvalue weighted by molar-refractivity contribution is -0.153. The third kappa shape index (κ3) is 3.35. The number of fused-ring (bicyclic) bond motifs is 1. The first kappa shape index (κ1) is 18.5. The van der Waals surface area contributed by atoms with Gasteiger partial charge in [-0.2, -0.15) is 0 Å². The summed E-state index contributed by atoms with van der Waals surface area (Å²) in [7, 11) is 0. The van der Waals surface area contributed by atoms with E-state index in [1.165, 1.54) is 17.2 Å². The normalized spacial score (nSPS) is 25.7. The number of aliphatic hydroxyl groups is 2. The second-order valence-electron chi connectivity index (χ2n) is 6.22. The fourth-order valence-corrected chi connectivity index (χ4v) is 3.10. The van der Waals surface area contributed by atoms with Gasteiger partial charge in [0, 0.05) is 0 Å². The van der Waals surface area contributed by atoms with Gasteiger partial charge in [-0.25, -0.2) is 15.0 Å². The van der Waals surface area contributed by atoms with Crippen LogP contribution in [0.3, 0.4) is 0 Å². The Balaban J connectivity index is 1.79. The van der Waals surface area contributed by atoms with Crippen molar-refractivity contribution in [3.63, 3.8) is 0 Å². The highest BCUT2D eigenvalue weighted by molar-refractivity contribution is 5.81. The van der Waals surface area contributed by atoms with E-state index in [0.717, 1.165) is 19.3 Å². The van der Waals surface area contributed by atoms with E-state index < -0.39 is 36.9 Å². The standard InChI is InChI=1S/C16H23N5O5/c1-2-3-4-5-25-16(24)10-9(6-22)26-15(12(10)23)21-8-20-11-13(17)18-7-19-14(11)21/h7-10,12,15,22-23H,2-6H2,1H3,(H2,17,18,19)/t9-,10-,12-,15?/m1/s1. The first-order chi connectivity index (χ1) is 12.6. The molecule has 0 bridgehead atoms. The van der Waals surface area contributed by atoms with Gasteiger partial charge in [-0.1, -0.05) is 19.8 Å². The minimum Gasteiger partial charge on any atom is -0.465 e. The number of hydrogen-bond donors (Lipinski definition) is 3. The number of nitrogens with zero attached hydrogens (tertiary/aromatic N) is 4. The topological polar surface area (TPSA) is 146 Å². The van der Waals surface area contributed by atoms with Crippen molar-refractivity contribution in [2.24, 2.45) is 5.92 Å². The summed E-state index contributed by atoms with van der Waals surface area (Å²) in [5.41, 5.74) is 6.51. The summed E-state index contributed by atoms with van der Waals surface area (Å²) in [6, 6.07) is 0. The van der Waals surface area contributed by atoms with Crippen LogP contribution >= 0.6 is 0 Å². The molecule has 3 heterocycles. The molecule has 142 valence electrons. The van der Waals surface area contributed by atoms with Crippen LogP contribution in [-0.4, -0.2) is 61.1 Å². The van der Waals surface area contributed by atoms with Crippen LogP contribution < -0.4 is 5.73 Å². The van der Waals surface area contributed by atoms with E-state index >= 15 is 0 Å². The maximum Gasteiger partial charge on any atom is 0.314 e. The van der Waals surface area contributed by atoms with Crippen molar-refractivity contribution < 1.29 is 24.5 Å². The Hall–Kier alpha value is -2.30. The second kappa shape index (κ2) is 7.94. The monoisotopic (exact) mass is 365 g/mol. The minimum absolute atomic E-state index is 0.201. The van der Waals surface area contributed by atoms with Crippen LogP contribution in [0, 0.1) is 5.92 Å². The number of anilines is 1. The minimum atomic E-state index is -1.22. The van der Waals surface area contributed by atoms with Crippen LogP contribution in [0.1, 0.15) is 32.4 Å². The van der Waals surface area contributed by atoms with Crippen LogP contribution in [0.25, 0.3) is 11.2 Å². The molecule has 2 aromatic rings. The number of unbranched alkanes of at least 4 members (excludes halogenated alkanes) is 2. The van der Waals surface area contributed by atoms with Gasteiger partial charge in [0.15, 0.2) is 17.7 Å². The third-order valence-electron chi connectivity index (χ3n) is 4.48. The molecule has 0 radical (unpaired) electrons. The van der Waals surface area contributed by atoms with Crippen LogP contribution in [0.15, 0.2) is 12.7 Å². The summed E-state index contributed by atoms with van der Waals surface area (Å²) < 4.78 is 12.4. The molecule has 1 aliphatic rings. The van der Waals surface area contributed by atoms with Gasteiger partial charge in [-0.15, -0.1) is 0 Å². The number of ether oxygens (including phenoxy) is 2. The third-order valence-corrected chi connectivity index (χ3v) is 4.48. The maximum atomic E-state index is 12.4. The van der Waals surface area contributed by atoms with Crippen molar-refractivity contribution in [3.05, 3.63) is 12.7 Å². The first-order valence-corrected chi connectivity index (χ1v) is 8.62. The molecule has 10 heteroatoms. The predicted molar refractivity (Wildman–Crippen MR) is 90.7 cm³/mol. The highest BCUT2D eigenvalue weighted by Crippen LogP contribution is 2.36. The summed E-state index contributed by atoms with van der Waals surface area (Å²) >= 11 is 0. The van der Waals surface area contributed by atoms with Gasteiger partial charge in [0.2, 0.25) is 0 Å². The number of aromatic nitrogens is 4. The lowest BCUT2D eigenvalue weighted by Crippen LogP contribution is -2.36. The van der Waals surface area contributed by atoms with Gasteiger partial charge >= 0.3 is 5.97 Å². The lowest BCUT2D eigenvalue weighted by atomic mass is 9.98. The summed E-state index contributed by atoms with van der Waals surface area (Å²) in [6.45, 7) is 1.90. The Kier molecular flexibility index (Phi) is 5.64. The lowest BCUT2D eigenvalue weighted by Gasteiger charge is -2.18. The van der Waals surface area contributed by atoms with Gasteiger partial charge < -0.3 is 25.4 Å². The van der Waals surface area contributed by atoms with Crippen molar-refractivity contribution in [2.45, 2.75) is 44.6 Å². The Morgan fingerprint density at radius 3 is 2.92 bits per heavy atom. The molecule has 0 amide bonds. The van der Waals surface area contributed by atoms with Crippen LogP contribution in [0.2, 0.25) is 0 Å². The summed E-state index contributed by atoms with van der Waals surface area (Å²) in [4.78, 5) is 24.5. The molecule has 2 aromatic heterocycles. The Labute approximate surface area is 150 Å². The van der Waals surface area contributed by atoms with Crippen LogP contribution in [0.5, 0.6) is 0 Å². The smallest absolute Gasteiger partial charge is 0.314 e. The van der Waals surface area contributed by atoms with E-state index in [9.17, 15) is 15.0 Å². The Morgan fingerprint density at radius 2 is 2.19 bits per heavy atom. The molecule has 1 fully saturated rings. The summed E-state index contributed by atoms with van der Waals surface area (Å²) in [6.07, 6.45) is 2.34. The fraction of sp³-hybridized carbons (Fsp3) is 0.625. The summed E-state index contributed by atoms with van der Waals surface area (Å²) in [5, 5.41) is 20.2. The molecular weight excluding hydrogens is 342 g/mol. The number of imidazole rings is 1.